The van der Waals surface area contributed by atoms with Crippen LogP contribution in [-0.2, 0) is 13.1 Å². The Hall–Kier alpha value is -4.29. The number of alkyl halides is 6. The summed E-state index contributed by atoms with van der Waals surface area (Å²) in [6.07, 6.45) is -10.3. The summed E-state index contributed by atoms with van der Waals surface area (Å²) in [6, 6.07) is 6.22. The lowest BCUT2D eigenvalue weighted by atomic mass is 10.2. The molecule has 0 bridgehead atoms. The number of benzene rings is 1. The number of rotatable bonds is 9. The average molecular weight is 620 g/mol. The molecule has 4 N–H and O–H groups in total. The van der Waals surface area contributed by atoms with Crippen molar-refractivity contribution in [2.24, 2.45) is 5.73 Å². The summed E-state index contributed by atoms with van der Waals surface area (Å²) in [4.78, 5) is 33.5. The lowest BCUT2D eigenvalue weighted by Gasteiger charge is -2.16. The maximum atomic E-state index is 13.1. The van der Waals surface area contributed by atoms with E-state index in [1.165, 1.54) is 42.6 Å². The van der Waals surface area contributed by atoms with E-state index in [0.717, 1.165) is 15.7 Å². The molecular formula is C23H20ClF6N9O3. The van der Waals surface area contributed by atoms with Crippen LogP contribution in [0.4, 0.5) is 26.3 Å². The fourth-order valence-corrected chi connectivity index (χ4v) is 3.70. The van der Waals surface area contributed by atoms with Gasteiger partial charge in [0.25, 0.3) is 5.91 Å². The molecule has 4 aromatic rings. The van der Waals surface area contributed by atoms with Gasteiger partial charge in [-0.15, -0.1) is 10.2 Å². The number of amides is 1. The molecule has 42 heavy (non-hydrogen) atoms. The van der Waals surface area contributed by atoms with Gasteiger partial charge in [0.1, 0.15) is 18.9 Å². The molecule has 0 aliphatic heterocycles. The highest BCUT2D eigenvalue weighted by Gasteiger charge is 2.39. The molecule has 19 heteroatoms. The van der Waals surface area contributed by atoms with E-state index in [4.69, 9.17) is 17.3 Å². The summed E-state index contributed by atoms with van der Waals surface area (Å²) in [5.74, 6) is -1.24. The van der Waals surface area contributed by atoms with Gasteiger partial charge in [0.05, 0.1) is 12.2 Å². The molecule has 4 rings (SSSR count). The van der Waals surface area contributed by atoms with Gasteiger partial charge in [0, 0.05) is 23.3 Å². The molecule has 12 nitrogen and oxygen atoms in total. The van der Waals surface area contributed by atoms with Crippen molar-refractivity contribution in [2.45, 2.75) is 37.6 Å². The summed E-state index contributed by atoms with van der Waals surface area (Å²) in [5.41, 5.74) is 3.95. The number of hydrogen-bond acceptors (Lipinski definition) is 8. The number of aliphatic hydroxyl groups excluding tert-OH is 1. The van der Waals surface area contributed by atoms with E-state index in [1.54, 1.807) is 0 Å². The minimum atomic E-state index is -5.01. The first-order valence-corrected chi connectivity index (χ1v) is 12.2. The third-order valence-corrected chi connectivity index (χ3v) is 5.99. The van der Waals surface area contributed by atoms with Crippen LogP contribution in [0.15, 0.2) is 53.7 Å². The van der Waals surface area contributed by atoms with Crippen LogP contribution in [0, 0.1) is 0 Å². The number of carbonyl (C=O) groups excluding carboxylic acids is 1. The Morgan fingerprint density at radius 1 is 1.05 bits per heavy atom. The number of aliphatic hydroxyl groups is 1. The van der Waals surface area contributed by atoms with Gasteiger partial charge in [-0.2, -0.15) is 26.3 Å². The van der Waals surface area contributed by atoms with E-state index in [-0.39, 0.29) is 28.6 Å². The number of aromatic nitrogens is 7. The smallest absolute Gasteiger partial charge is 0.382 e. The van der Waals surface area contributed by atoms with E-state index in [2.05, 4.69) is 20.2 Å². The fraction of sp³-hybridized carbons (Fsp3) is 0.304. The van der Waals surface area contributed by atoms with E-state index in [0.29, 0.717) is 9.59 Å². The molecule has 0 spiro atoms. The predicted molar refractivity (Wildman–Crippen MR) is 134 cm³/mol. The predicted octanol–water partition coefficient (Wildman–Crippen LogP) is 1.93. The van der Waals surface area contributed by atoms with Gasteiger partial charge in [0.15, 0.2) is 23.4 Å². The SMILES string of the molecule is N[C@H](CNC(=O)c1ncccc1-n1cnc(Cn2nc(-c3ccc(Cl)cc3)n(C[C@H](O)C(F)(F)F)c2=O)n1)C(F)(F)F. The second-order valence-electron chi connectivity index (χ2n) is 8.77. The Bertz CT molecular complexity index is 1620. The summed E-state index contributed by atoms with van der Waals surface area (Å²) in [7, 11) is 0. The quantitative estimate of drug-likeness (QED) is 0.240. The molecule has 1 aromatic carbocycles. The van der Waals surface area contributed by atoms with Gasteiger partial charge < -0.3 is 16.2 Å². The third-order valence-electron chi connectivity index (χ3n) is 5.74. The average Bonchev–Trinajstić information content (AvgIpc) is 3.51. The van der Waals surface area contributed by atoms with Gasteiger partial charge in [-0.25, -0.2) is 24.1 Å². The van der Waals surface area contributed by atoms with Crippen LogP contribution < -0.4 is 16.7 Å². The zero-order valence-electron chi connectivity index (χ0n) is 21.0. The number of pyridine rings is 1. The summed E-state index contributed by atoms with van der Waals surface area (Å²) in [5, 5.41) is 20.2. The third kappa shape index (κ3) is 6.94. The first-order chi connectivity index (χ1) is 19.6. The second-order valence-corrected chi connectivity index (χ2v) is 9.21. The van der Waals surface area contributed by atoms with Crippen LogP contribution in [0.1, 0.15) is 16.3 Å². The van der Waals surface area contributed by atoms with E-state index < -0.39 is 55.7 Å². The summed E-state index contributed by atoms with van der Waals surface area (Å²) in [6.45, 7) is -2.50. The number of hydrogen-bond donors (Lipinski definition) is 3. The lowest BCUT2D eigenvalue weighted by molar-refractivity contribution is -0.207. The van der Waals surface area contributed by atoms with Crippen molar-refractivity contribution in [1.82, 2.24) is 39.4 Å². The molecular weight excluding hydrogens is 600 g/mol. The number of carbonyl (C=O) groups is 1. The first-order valence-electron chi connectivity index (χ1n) is 11.8. The Morgan fingerprint density at radius 2 is 1.74 bits per heavy atom. The van der Waals surface area contributed by atoms with Crippen molar-refractivity contribution < 1.29 is 36.2 Å². The van der Waals surface area contributed by atoms with E-state index >= 15 is 0 Å². The van der Waals surface area contributed by atoms with Crippen LogP contribution in [0.3, 0.4) is 0 Å². The van der Waals surface area contributed by atoms with Crippen LogP contribution in [-0.4, -0.2) is 76.2 Å². The Balaban J connectivity index is 1.62. The van der Waals surface area contributed by atoms with Gasteiger partial charge in [-0.1, -0.05) is 11.6 Å². The molecule has 0 saturated carbocycles. The van der Waals surface area contributed by atoms with Crippen molar-refractivity contribution in [3.05, 3.63) is 75.9 Å². The number of nitrogens with two attached hydrogens (primary N) is 1. The monoisotopic (exact) mass is 619 g/mol. The number of halogens is 7. The van der Waals surface area contributed by atoms with Crippen molar-refractivity contribution >= 4 is 17.5 Å². The van der Waals surface area contributed by atoms with Crippen LogP contribution >= 0.6 is 11.6 Å². The van der Waals surface area contributed by atoms with Gasteiger partial charge in [-0.3, -0.25) is 9.36 Å². The van der Waals surface area contributed by atoms with Crippen molar-refractivity contribution in [3.8, 4) is 17.1 Å². The number of nitrogens with zero attached hydrogens (tertiary/aromatic N) is 7. The van der Waals surface area contributed by atoms with Crippen LogP contribution in [0.2, 0.25) is 5.02 Å². The zero-order valence-corrected chi connectivity index (χ0v) is 21.8. The topological polar surface area (TPSA) is 159 Å². The van der Waals surface area contributed by atoms with Gasteiger partial charge in [0.2, 0.25) is 0 Å². The van der Waals surface area contributed by atoms with Crippen molar-refractivity contribution in [2.75, 3.05) is 6.54 Å². The summed E-state index contributed by atoms with van der Waals surface area (Å²) >= 11 is 5.88. The molecule has 0 saturated heterocycles. The molecule has 3 heterocycles. The Kier molecular flexibility index (Phi) is 8.69. The largest absolute Gasteiger partial charge is 0.416 e. The molecule has 224 valence electrons. The second kappa shape index (κ2) is 11.9. The molecule has 0 aliphatic rings. The fourth-order valence-electron chi connectivity index (χ4n) is 3.58. The molecule has 0 aliphatic carbocycles. The molecule has 0 unspecified atom stereocenters. The summed E-state index contributed by atoms with van der Waals surface area (Å²) < 4.78 is 79.8. The van der Waals surface area contributed by atoms with Crippen molar-refractivity contribution in [1.29, 1.82) is 0 Å². The lowest BCUT2D eigenvalue weighted by Crippen LogP contribution is -2.47. The molecule has 0 fully saturated rings. The van der Waals surface area contributed by atoms with E-state index in [1.807, 2.05) is 5.32 Å². The maximum Gasteiger partial charge on any atom is 0.416 e. The Morgan fingerprint density at radius 3 is 2.38 bits per heavy atom. The highest BCUT2D eigenvalue weighted by Crippen LogP contribution is 2.24. The van der Waals surface area contributed by atoms with Gasteiger partial charge >= 0.3 is 18.0 Å². The minimum absolute atomic E-state index is 0.0161. The highest BCUT2D eigenvalue weighted by atomic mass is 35.5. The standard InChI is InChI=1S/C23H20ClF6N9O3/c24-13-5-3-12(4-6-13)19-36-38(21(42)37(19)9-16(40)23(28,29)30)10-17-34-11-39(35-17)14-2-1-7-32-18(14)20(41)33-8-15(31)22(25,26)27/h1-7,11,15-16,40H,8-10,31H2,(H,33,41)/t15-,16+/m1/s1. The molecule has 1 amide bonds. The normalized spacial score (nSPS) is 13.6. The van der Waals surface area contributed by atoms with E-state index in [9.17, 15) is 41.0 Å². The molecule has 0 radical (unpaired) electrons. The molecule has 2 atom stereocenters. The van der Waals surface area contributed by atoms with Crippen LogP contribution in [0.25, 0.3) is 17.1 Å². The molecule has 3 aromatic heterocycles. The van der Waals surface area contributed by atoms with Crippen molar-refractivity contribution in [3.63, 3.8) is 0 Å². The Labute approximate surface area is 236 Å². The number of nitrogens with one attached hydrogen (secondary N) is 1. The first kappa shape index (κ1) is 30.7. The minimum Gasteiger partial charge on any atom is -0.382 e. The zero-order chi connectivity index (χ0) is 30.8. The highest BCUT2D eigenvalue weighted by molar-refractivity contribution is 6.30. The van der Waals surface area contributed by atoms with Gasteiger partial charge in [-0.05, 0) is 36.4 Å². The van der Waals surface area contributed by atoms with Crippen LogP contribution in [0.5, 0.6) is 0 Å². The maximum absolute atomic E-state index is 13.1.